The van der Waals surface area contributed by atoms with Gasteiger partial charge in [0.25, 0.3) is 0 Å². The topological polar surface area (TPSA) is 18.5 Å². The molecule has 0 aliphatic heterocycles. The van der Waals surface area contributed by atoms with Gasteiger partial charge in [0.2, 0.25) is 0 Å². The molecule has 0 atom stereocenters. The highest BCUT2D eigenvalue weighted by atomic mass is 79.9. The van der Waals surface area contributed by atoms with Crippen molar-refractivity contribution >= 4 is 27.5 Å². The number of halogens is 2. The summed E-state index contributed by atoms with van der Waals surface area (Å²) >= 11 is 9.00. The van der Waals surface area contributed by atoms with E-state index < -0.39 is 0 Å². The van der Waals surface area contributed by atoms with E-state index in [-0.39, 0.29) is 0 Å². The quantitative estimate of drug-likeness (QED) is 0.609. The molecule has 0 fully saturated rings. The standard InChI is InChI=1S/C11H12BrClO2/c1-8(6-13)7-15-11-9(12)4-3-5-10(11)14-2/h3-5H,1,6-7H2,2H3. The van der Waals surface area contributed by atoms with E-state index in [2.05, 4.69) is 22.5 Å². The Labute approximate surface area is 103 Å². The van der Waals surface area contributed by atoms with Gasteiger partial charge in [-0.25, -0.2) is 0 Å². The van der Waals surface area contributed by atoms with Crippen molar-refractivity contribution in [2.24, 2.45) is 0 Å². The lowest BCUT2D eigenvalue weighted by atomic mass is 10.3. The van der Waals surface area contributed by atoms with Crippen LogP contribution in [0.5, 0.6) is 11.5 Å². The number of benzene rings is 1. The van der Waals surface area contributed by atoms with Gasteiger partial charge in [0.15, 0.2) is 11.5 Å². The van der Waals surface area contributed by atoms with Gasteiger partial charge < -0.3 is 9.47 Å². The van der Waals surface area contributed by atoms with Crippen LogP contribution in [0, 0.1) is 0 Å². The molecule has 15 heavy (non-hydrogen) atoms. The number of hydrogen-bond acceptors (Lipinski definition) is 2. The molecule has 1 aromatic carbocycles. The monoisotopic (exact) mass is 290 g/mol. The van der Waals surface area contributed by atoms with Gasteiger partial charge >= 0.3 is 0 Å². The minimum absolute atomic E-state index is 0.391. The second-order valence-corrected chi connectivity index (χ2v) is 4.07. The third-order valence-electron chi connectivity index (χ3n) is 1.76. The largest absolute Gasteiger partial charge is 0.493 e. The summed E-state index contributed by atoms with van der Waals surface area (Å²) in [5, 5.41) is 0. The van der Waals surface area contributed by atoms with Crippen molar-refractivity contribution in [3.05, 3.63) is 34.8 Å². The van der Waals surface area contributed by atoms with Crippen LogP contribution in [0.1, 0.15) is 0 Å². The third kappa shape index (κ3) is 3.43. The normalized spacial score (nSPS) is 9.80. The Morgan fingerprint density at radius 2 is 2.27 bits per heavy atom. The number of rotatable bonds is 5. The molecule has 0 N–H and O–H groups in total. The van der Waals surface area contributed by atoms with Crippen molar-refractivity contribution in [1.29, 1.82) is 0 Å². The van der Waals surface area contributed by atoms with Crippen molar-refractivity contribution in [3.8, 4) is 11.5 Å². The summed E-state index contributed by atoms with van der Waals surface area (Å²) < 4.78 is 11.6. The molecule has 0 radical (unpaired) electrons. The molecule has 0 bridgehead atoms. The van der Waals surface area contributed by atoms with E-state index in [4.69, 9.17) is 21.1 Å². The molecule has 1 rings (SSSR count). The maximum absolute atomic E-state index is 5.61. The highest BCUT2D eigenvalue weighted by Gasteiger charge is 2.08. The highest BCUT2D eigenvalue weighted by Crippen LogP contribution is 2.34. The van der Waals surface area contributed by atoms with Gasteiger partial charge in [0.1, 0.15) is 6.61 Å². The number of para-hydroxylation sites is 1. The molecule has 0 aliphatic rings. The first-order valence-corrected chi connectivity index (χ1v) is 5.69. The van der Waals surface area contributed by atoms with Crippen LogP contribution >= 0.6 is 27.5 Å². The van der Waals surface area contributed by atoms with Gasteiger partial charge in [0, 0.05) is 5.88 Å². The Morgan fingerprint density at radius 3 is 2.87 bits per heavy atom. The summed E-state index contributed by atoms with van der Waals surface area (Å²) in [6.07, 6.45) is 0. The Bertz CT molecular complexity index is 352. The molecular weight excluding hydrogens is 279 g/mol. The average Bonchev–Trinajstić information content (AvgIpc) is 2.26. The van der Waals surface area contributed by atoms with Crippen LogP contribution in [0.15, 0.2) is 34.8 Å². The minimum Gasteiger partial charge on any atom is -0.493 e. The van der Waals surface area contributed by atoms with Crippen LogP contribution in [-0.2, 0) is 0 Å². The van der Waals surface area contributed by atoms with E-state index in [0.29, 0.717) is 24.0 Å². The fourth-order valence-corrected chi connectivity index (χ4v) is 1.54. The Morgan fingerprint density at radius 1 is 1.53 bits per heavy atom. The maximum atomic E-state index is 5.61. The first-order chi connectivity index (χ1) is 7.19. The van der Waals surface area contributed by atoms with Crippen molar-refractivity contribution in [2.75, 3.05) is 19.6 Å². The van der Waals surface area contributed by atoms with Crippen LogP contribution in [0.3, 0.4) is 0 Å². The maximum Gasteiger partial charge on any atom is 0.175 e. The van der Waals surface area contributed by atoms with Crippen molar-refractivity contribution < 1.29 is 9.47 Å². The van der Waals surface area contributed by atoms with Crippen LogP contribution in [0.25, 0.3) is 0 Å². The van der Waals surface area contributed by atoms with Crippen molar-refractivity contribution in [3.63, 3.8) is 0 Å². The first kappa shape index (κ1) is 12.4. The molecule has 82 valence electrons. The molecule has 0 amide bonds. The SMILES string of the molecule is C=C(CCl)COc1c(Br)cccc1OC. The lowest BCUT2D eigenvalue weighted by Gasteiger charge is -2.12. The number of alkyl halides is 1. The van der Waals surface area contributed by atoms with Crippen LogP contribution in [0.4, 0.5) is 0 Å². The fraction of sp³-hybridized carbons (Fsp3) is 0.273. The number of hydrogen-bond donors (Lipinski definition) is 0. The van der Waals surface area contributed by atoms with E-state index in [1.807, 2.05) is 18.2 Å². The van der Waals surface area contributed by atoms with Gasteiger partial charge in [-0.15, -0.1) is 11.6 Å². The predicted octanol–water partition coefficient (Wildman–Crippen LogP) is 3.63. The second-order valence-electron chi connectivity index (χ2n) is 2.94. The van der Waals surface area contributed by atoms with Gasteiger partial charge in [0.05, 0.1) is 11.6 Å². The number of methoxy groups -OCH3 is 1. The predicted molar refractivity (Wildman–Crippen MR) is 66.0 cm³/mol. The Kier molecular flexibility index (Phi) is 4.99. The summed E-state index contributed by atoms with van der Waals surface area (Å²) in [6.45, 7) is 4.15. The molecule has 4 heteroatoms. The molecule has 1 aromatic rings. The zero-order valence-electron chi connectivity index (χ0n) is 8.43. The van der Waals surface area contributed by atoms with E-state index in [9.17, 15) is 0 Å². The molecule has 0 aliphatic carbocycles. The van der Waals surface area contributed by atoms with Gasteiger partial charge in [-0.1, -0.05) is 12.6 Å². The molecule has 0 spiro atoms. The molecule has 0 unspecified atom stereocenters. The third-order valence-corrected chi connectivity index (χ3v) is 2.76. The van der Waals surface area contributed by atoms with Crippen LogP contribution in [0.2, 0.25) is 0 Å². The smallest absolute Gasteiger partial charge is 0.175 e. The van der Waals surface area contributed by atoms with Crippen LogP contribution in [-0.4, -0.2) is 19.6 Å². The average molecular weight is 292 g/mol. The van der Waals surface area contributed by atoms with Gasteiger partial charge in [-0.05, 0) is 33.6 Å². The van der Waals surface area contributed by atoms with Gasteiger partial charge in [-0.2, -0.15) is 0 Å². The molecular formula is C11H12BrClO2. The fourth-order valence-electron chi connectivity index (χ4n) is 1.00. The van der Waals surface area contributed by atoms with Crippen molar-refractivity contribution in [1.82, 2.24) is 0 Å². The van der Waals surface area contributed by atoms with Crippen molar-refractivity contribution in [2.45, 2.75) is 0 Å². The lowest BCUT2D eigenvalue weighted by Crippen LogP contribution is -2.03. The lowest BCUT2D eigenvalue weighted by molar-refractivity contribution is 0.318. The van der Waals surface area contributed by atoms with Crippen LogP contribution < -0.4 is 9.47 Å². The Hall–Kier alpha value is -0.670. The summed E-state index contributed by atoms with van der Waals surface area (Å²) in [5.74, 6) is 1.75. The highest BCUT2D eigenvalue weighted by molar-refractivity contribution is 9.10. The summed E-state index contributed by atoms with van der Waals surface area (Å²) in [4.78, 5) is 0. The minimum atomic E-state index is 0.391. The summed E-state index contributed by atoms with van der Waals surface area (Å²) in [7, 11) is 1.60. The Balaban J connectivity index is 2.78. The second kappa shape index (κ2) is 6.03. The van der Waals surface area contributed by atoms with E-state index in [1.165, 1.54) is 0 Å². The molecule has 0 saturated carbocycles. The van der Waals surface area contributed by atoms with E-state index >= 15 is 0 Å². The van der Waals surface area contributed by atoms with E-state index in [1.54, 1.807) is 7.11 Å². The van der Waals surface area contributed by atoms with E-state index in [0.717, 1.165) is 10.0 Å². The first-order valence-electron chi connectivity index (χ1n) is 4.37. The zero-order valence-corrected chi connectivity index (χ0v) is 10.8. The zero-order chi connectivity index (χ0) is 11.3. The molecule has 0 heterocycles. The molecule has 0 saturated heterocycles. The van der Waals surface area contributed by atoms with Gasteiger partial charge in [-0.3, -0.25) is 0 Å². The number of ether oxygens (including phenoxy) is 2. The molecule has 2 nitrogen and oxygen atoms in total. The summed E-state index contributed by atoms with van der Waals surface area (Å²) in [5.41, 5.74) is 0.828. The molecule has 0 aromatic heterocycles. The summed E-state index contributed by atoms with van der Waals surface area (Å²) in [6, 6.07) is 5.61.